The molecule has 0 N–H and O–H groups in total. The van der Waals surface area contributed by atoms with E-state index in [0.717, 1.165) is 12.1 Å². The molecule has 0 saturated carbocycles. The number of carbonyl (C=O) groups excluding carboxylic acids is 5. The first-order valence-electron chi connectivity index (χ1n) is 13.1. The SMILES string of the molecule is O=C(CCl)OC[C@H]1O[C@@H](OC(=O)c2cc(Oc3ccc(Cl)cc3Cl)ccc2[N+](=O)[O-])[C@H](OC(=O)CCl)[C@@H](OC(=O)CCl)[C@H]1OC(=O)CCl. The minimum absolute atomic E-state index is 0.0763. The summed E-state index contributed by atoms with van der Waals surface area (Å²) < 4.78 is 37.6. The molecule has 3 rings (SSSR count). The van der Waals surface area contributed by atoms with Crippen molar-refractivity contribution < 1.29 is 62.1 Å². The maximum absolute atomic E-state index is 13.6. The number of benzene rings is 2. The second kappa shape index (κ2) is 18.5. The van der Waals surface area contributed by atoms with Crippen LogP contribution in [0.3, 0.4) is 0 Å². The summed E-state index contributed by atoms with van der Waals surface area (Å²) in [6.45, 7) is -0.754. The second-order valence-corrected chi connectivity index (χ2v) is 11.1. The van der Waals surface area contributed by atoms with Crippen molar-refractivity contribution in [1.82, 2.24) is 0 Å². The Morgan fingerprint density at radius 2 is 1.33 bits per heavy atom. The van der Waals surface area contributed by atoms with Crippen molar-refractivity contribution >= 4 is 105 Å². The van der Waals surface area contributed by atoms with Crippen LogP contribution in [0.1, 0.15) is 10.4 Å². The molecule has 15 nitrogen and oxygen atoms in total. The van der Waals surface area contributed by atoms with Crippen LogP contribution in [-0.4, -0.2) is 95.6 Å². The van der Waals surface area contributed by atoms with E-state index < -0.39 is 107 Å². The van der Waals surface area contributed by atoms with Gasteiger partial charge in [-0.3, -0.25) is 29.3 Å². The zero-order valence-electron chi connectivity index (χ0n) is 23.8. The van der Waals surface area contributed by atoms with Gasteiger partial charge in [0, 0.05) is 17.2 Å². The Morgan fingerprint density at radius 3 is 1.90 bits per heavy atom. The fourth-order valence-corrected chi connectivity index (χ4v) is 4.74. The van der Waals surface area contributed by atoms with Crippen LogP contribution in [0.5, 0.6) is 11.5 Å². The van der Waals surface area contributed by atoms with Crippen molar-refractivity contribution in [3.8, 4) is 11.5 Å². The summed E-state index contributed by atoms with van der Waals surface area (Å²) in [5, 5.41) is 12.2. The van der Waals surface area contributed by atoms with Gasteiger partial charge in [-0.25, -0.2) is 4.79 Å². The molecule has 48 heavy (non-hydrogen) atoms. The molecule has 1 aliphatic heterocycles. The Hall–Kier alpha value is -3.31. The van der Waals surface area contributed by atoms with E-state index in [1.54, 1.807) is 0 Å². The van der Waals surface area contributed by atoms with E-state index in [1.807, 2.05) is 0 Å². The fraction of sp³-hybridized carbons (Fsp3) is 0.370. The Bertz CT molecular complexity index is 1540. The van der Waals surface area contributed by atoms with Gasteiger partial charge in [0.05, 0.1) is 9.95 Å². The molecule has 1 heterocycles. The van der Waals surface area contributed by atoms with Crippen molar-refractivity contribution in [2.24, 2.45) is 0 Å². The number of hydrogen-bond acceptors (Lipinski definition) is 14. The number of carbonyl (C=O) groups is 5. The molecule has 260 valence electrons. The first-order chi connectivity index (χ1) is 22.8. The van der Waals surface area contributed by atoms with Gasteiger partial charge < -0.3 is 33.2 Å². The lowest BCUT2D eigenvalue weighted by molar-refractivity contribution is -0.385. The number of ether oxygens (including phenoxy) is 7. The van der Waals surface area contributed by atoms with Gasteiger partial charge in [-0.15, -0.1) is 46.4 Å². The van der Waals surface area contributed by atoms with Crippen LogP contribution in [0, 0.1) is 10.1 Å². The number of nitrogens with zero attached hydrogens (tertiary/aromatic N) is 1. The highest BCUT2D eigenvalue weighted by atomic mass is 35.5. The number of alkyl halides is 4. The van der Waals surface area contributed by atoms with Crippen molar-refractivity contribution in [3.63, 3.8) is 0 Å². The normalized spacial score (nSPS) is 20.2. The molecule has 0 spiro atoms. The van der Waals surface area contributed by atoms with E-state index in [4.69, 9.17) is 103 Å². The maximum atomic E-state index is 13.6. The Morgan fingerprint density at radius 1 is 0.750 bits per heavy atom. The molecule has 0 radical (unpaired) electrons. The minimum Gasteiger partial charge on any atom is -0.462 e. The zero-order chi connectivity index (χ0) is 35.5. The van der Waals surface area contributed by atoms with Gasteiger partial charge in [-0.05, 0) is 24.3 Å². The third-order valence-corrected chi connectivity index (χ3v) is 7.37. The van der Waals surface area contributed by atoms with Crippen molar-refractivity contribution in [2.45, 2.75) is 30.7 Å². The monoisotopic (exact) mass is 793 g/mol. The first kappa shape index (κ1) is 39.1. The fourth-order valence-electron chi connectivity index (χ4n) is 4.03. The van der Waals surface area contributed by atoms with Crippen LogP contribution in [0.25, 0.3) is 0 Å². The highest BCUT2D eigenvalue weighted by Crippen LogP contribution is 2.35. The molecule has 21 heteroatoms. The summed E-state index contributed by atoms with van der Waals surface area (Å²) in [7, 11) is 0. The first-order valence-corrected chi connectivity index (χ1v) is 16.0. The molecule has 0 amide bonds. The third-order valence-electron chi connectivity index (χ3n) is 5.97. The average molecular weight is 796 g/mol. The number of nitro groups is 1. The number of halogens is 6. The van der Waals surface area contributed by atoms with E-state index in [0.29, 0.717) is 5.02 Å². The average Bonchev–Trinajstić information content (AvgIpc) is 3.06. The predicted molar refractivity (Wildman–Crippen MR) is 167 cm³/mol. The summed E-state index contributed by atoms with van der Waals surface area (Å²) in [6.07, 6.45) is -9.24. The number of hydrogen-bond donors (Lipinski definition) is 0. The van der Waals surface area contributed by atoms with Crippen LogP contribution in [0.15, 0.2) is 36.4 Å². The van der Waals surface area contributed by atoms with E-state index in [-0.39, 0.29) is 16.5 Å². The van der Waals surface area contributed by atoms with Gasteiger partial charge >= 0.3 is 29.8 Å². The van der Waals surface area contributed by atoms with E-state index in [9.17, 15) is 34.1 Å². The molecule has 1 aliphatic rings. The number of rotatable bonds is 14. The third kappa shape index (κ3) is 10.6. The molecule has 0 aliphatic carbocycles. The van der Waals surface area contributed by atoms with E-state index in [2.05, 4.69) is 0 Å². The highest BCUT2D eigenvalue weighted by Gasteiger charge is 2.54. The standard InChI is InChI=1S/C27H21Cl6NO14/c28-7-19(35)42-11-18-23(45-20(36)8-29)24(46-21(37)9-30)25(47-22(38)10-31)27(44-18)48-26(39)14-6-13(2-3-16(14)34(40)41)43-17-4-1-12(32)5-15(17)33/h1-6,18,23-25,27H,7-11H2/t18-,23+,24+,25-,27+/m1/s1. The van der Waals surface area contributed by atoms with Crippen molar-refractivity contribution in [3.05, 3.63) is 62.1 Å². The maximum Gasteiger partial charge on any atom is 0.347 e. The topological polar surface area (TPSA) is 193 Å². The van der Waals surface area contributed by atoms with Gasteiger partial charge in [0.15, 0.2) is 12.2 Å². The molecular weight excluding hydrogens is 775 g/mol. The second-order valence-electron chi connectivity index (χ2n) is 9.14. The van der Waals surface area contributed by atoms with Crippen LogP contribution < -0.4 is 4.74 Å². The van der Waals surface area contributed by atoms with Crippen molar-refractivity contribution in [2.75, 3.05) is 30.1 Å². The van der Waals surface area contributed by atoms with E-state index in [1.165, 1.54) is 24.3 Å². The van der Waals surface area contributed by atoms with E-state index >= 15 is 0 Å². The lowest BCUT2D eigenvalue weighted by Crippen LogP contribution is -2.63. The summed E-state index contributed by atoms with van der Waals surface area (Å²) in [5.74, 6) is -8.67. The Balaban J connectivity index is 2.07. The molecule has 1 fully saturated rings. The lowest BCUT2D eigenvalue weighted by atomic mass is 9.98. The Kier molecular flexibility index (Phi) is 15.0. The van der Waals surface area contributed by atoms with Gasteiger partial charge in [0.2, 0.25) is 12.4 Å². The summed E-state index contributed by atoms with van der Waals surface area (Å²) >= 11 is 34.3. The highest BCUT2D eigenvalue weighted by molar-refractivity contribution is 6.35. The molecule has 2 aromatic carbocycles. The minimum atomic E-state index is -2.08. The summed E-state index contributed by atoms with van der Waals surface area (Å²) in [6, 6.07) is 7.28. The largest absolute Gasteiger partial charge is 0.462 e. The molecule has 0 unspecified atom stereocenters. The molecule has 5 atom stereocenters. The smallest absolute Gasteiger partial charge is 0.347 e. The molecule has 1 saturated heterocycles. The number of esters is 5. The zero-order valence-corrected chi connectivity index (χ0v) is 28.4. The van der Waals surface area contributed by atoms with Crippen molar-refractivity contribution in [1.29, 1.82) is 0 Å². The quantitative estimate of drug-likeness (QED) is 0.0832. The van der Waals surface area contributed by atoms with Gasteiger partial charge in [0.1, 0.15) is 53.3 Å². The molecule has 2 aromatic rings. The molecule has 0 aromatic heterocycles. The number of nitro benzene ring substituents is 1. The van der Waals surface area contributed by atoms with Gasteiger partial charge in [0.25, 0.3) is 5.69 Å². The summed E-state index contributed by atoms with van der Waals surface area (Å²) in [4.78, 5) is 73.3. The van der Waals surface area contributed by atoms with Gasteiger partial charge in [-0.2, -0.15) is 0 Å². The van der Waals surface area contributed by atoms with Crippen LogP contribution in [-0.2, 0) is 47.6 Å². The lowest BCUT2D eigenvalue weighted by Gasteiger charge is -2.43. The van der Waals surface area contributed by atoms with Gasteiger partial charge in [-0.1, -0.05) is 23.2 Å². The molecule has 0 bridgehead atoms. The Labute approximate surface area is 300 Å². The predicted octanol–water partition coefficient (Wildman–Crippen LogP) is 4.81. The van der Waals surface area contributed by atoms with Crippen LogP contribution in [0.2, 0.25) is 10.0 Å². The van der Waals surface area contributed by atoms with Crippen LogP contribution in [0.4, 0.5) is 5.69 Å². The molecular formula is C27H21Cl6NO14. The van der Waals surface area contributed by atoms with Crippen LogP contribution >= 0.6 is 69.6 Å². The summed E-state index contributed by atoms with van der Waals surface area (Å²) in [5.41, 5.74) is -1.45.